The Hall–Kier alpha value is -0.360. The van der Waals surface area contributed by atoms with Crippen LogP contribution >= 0.6 is 35.2 Å². The van der Waals surface area contributed by atoms with E-state index in [-0.39, 0.29) is 0 Å². The Kier molecular flexibility index (Phi) is 5.17. The van der Waals surface area contributed by atoms with E-state index in [0.717, 1.165) is 5.69 Å². The molecule has 0 fully saturated rings. The van der Waals surface area contributed by atoms with Crippen molar-refractivity contribution in [2.75, 3.05) is 25.6 Å². The van der Waals surface area contributed by atoms with Crippen LogP contribution in [0.25, 0.3) is 0 Å². The number of anilines is 1. The number of rotatable bonds is 4. The van der Waals surface area contributed by atoms with E-state index in [1.54, 1.807) is 7.11 Å². The lowest BCUT2D eigenvalue weighted by atomic mass is 10.5. The fourth-order valence-electron chi connectivity index (χ4n) is 0.815. The number of hydrogen-bond acceptors (Lipinski definition) is 3. The summed E-state index contributed by atoms with van der Waals surface area (Å²) in [6, 6.07) is 1.89. The smallest absolute Gasteiger partial charge is 0.170 e. The highest BCUT2D eigenvalue weighted by Crippen LogP contribution is 2.27. The number of halogens is 1. The lowest BCUT2D eigenvalue weighted by Crippen LogP contribution is -2.31. The van der Waals surface area contributed by atoms with Crippen LogP contribution in [0.5, 0.6) is 0 Å². The summed E-state index contributed by atoms with van der Waals surface area (Å²) in [5, 5.41) is 8.45. The predicted octanol–water partition coefficient (Wildman–Crippen LogP) is 2.33. The number of thiocarbonyl (C=S) groups is 1. The predicted molar refractivity (Wildman–Crippen MR) is 65.4 cm³/mol. The minimum atomic E-state index is 0.558. The van der Waals surface area contributed by atoms with Crippen LogP contribution in [0, 0.1) is 0 Å². The average Bonchev–Trinajstić information content (AvgIpc) is 2.52. The molecule has 0 saturated carbocycles. The van der Waals surface area contributed by atoms with Crippen molar-refractivity contribution in [3.05, 3.63) is 15.8 Å². The van der Waals surface area contributed by atoms with Gasteiger partial charge in [0.25, 0.3) is 0 Å². The van der Waals surface area contributed by atoms with Gasteiger partial charge in [0.2, 0.25) is 0 Å². The highest BCUT2D eigenvalue weighted by atomic mass is 35.5. The topological polar surface area (TPSA) is 33.3 Å². The zero-order valence-electron chi connectivity index (χ0n) is 7.67. The van der Waals surface area contributed by atoms with Crippen molar-refractivity contribution in [2.45, 2.75) is 0 Å². The van der Waals surface area contributed by atoms with E-state index in [2.05, 4.69) is 10.6 Å². The SMILES string of the molecule is COCCNC(=S)Nc1ccsc1Cl. The molecule has 1 heterocycles. The Morgan fingerprint density at radius 2 is 2.50 bits per heavy atom. The largest absolute Gasteiger partial charge is 0.383 e. The third-order valence-corrected chi connectivity index (χ3v) is 2.87. The summed E-state index contributed by atoms with van der Waals surface area (Å²) in [6.07, 6.45) is 0. The van der Waals surface area contributed by atoms with E-state index in [0.29, 0.717) is 22.6 Å². The number of hydrogen-bond donors (Lipinski definition) is 2. The minimum absolute atomic E-state index is 0.558. The van der Waals surface area contributed by atoms with Gasteiger partial charge < -0.3 is 15.4 Å². The quantitative estimate of drug-likeness (QED) is 0.635. The van der Waals surface area contributed by atoms with E-state index < -0.39 is 0 Å². The maximum absolute atomic E-state index is 5.89. The minimum Gasteiger partial charge on any atom is -0.383 e. The molecule has 2 N–H and O–H groups in total. The molecule has 1 aromatic heterocycles. The molecule has 14 heavy (non-hydrogen) atoms. The Balaban J connectivity index is 2.31. The van der Waals surface area contributed by atoms with E-state index in [9.17, 15) is 0 Å². The summed E-state index contributed by atoms with van der Waals surface area (Å²) in [5.41, 5.74) is 0.839. The molecule has 0 aliphatic rings. The Bertz CT molecular complexity index is 303. The van der Waals surface area contributed by atoms with E-state index in [4.69, 9.17) is 28.6 Å². The summed E-state index contributed by atoms with van der Waals surface area (Å²) in [5.74, 6) is 0. The highest BCUT2D eigenvalue weighted by Gasteiger charge is 2.02. The van der Waals surface area contributed by atoms with Gasteiger partial charge in [0.05, 0.1) is 12.3 Å². The Morgan fingerprint density at radius 3 is 3.07 bits per heavy atom. The van der Waals surface area contributed by atoms with Crippen LogP contribution in [0.2, 0.25) is 4.34 Å². The molecule has 1 rings (SSSR count). The van der Waals surface area contributed by atoms with Gasteiger partial charge in [-0.3, -0.25) is 0 Å². The average molecular weight is 251 g/mol. The molecule has 0 bridgehead atoms. The van der Waals surface area contributed by atoms with Crippen molar-refractivity contribution >= 4 is 46.0 Å². The summed E-state index contributed by atoms with van der Waals surface area (Å²) in [7, 11) is 1.65. The second kappa shape index (κ2) is 6.19. The number of thiophene rings is 1. The second-order valence-electron chi connectivity index (χ2n) is 2.48. The van der Waals surface area contributed by atoms with Gasteiger partial charge in [-0.1, -0.05) is 11.6 Å². The molecule has 1 aromatic rings. The summed E-state index contributed by atoms with van der Waals surface area (Å²) >= 11 is 12.4. The monoisotopic (exact) mass is 250 g/mol. The normalized spacial score (nSPS) is 9.86. The fraction of sp³-hybridized carbons (Fsp3) is 0.375. The molecule has 0 radical (unpaired) electrons. The second-order valence-corrected chi connectivity index (χ2v) is 4.41. The van der Waals surface area contributed by atoms with Gasteiger partial charge in [-0.25, -0.2) is 0 Å². The molecule has 0 spiro atoms. The number of methoxy groups -OCH3 is 1. The standard InChI is InChI=1S/C8H11ClN2OS2/c1-12-4-3-10-8(13)11-6-2-5-14-7(6)9/h2,5H,3-4H2,1H3,(H2,10,11,13). The highest BCUT2D eigenvalue weighted by molar-refractivity contribution is 7.80. The maximum atomic E-state index is 5.89. The zero-order valence-corrected chi connectivity index (χ0v) is 10.1. The van der Waals surface area contributed by atoms with Crippen LogP contribution < -0.4 is 10.6 Å². The first-order valence-corrected chi connectivity index (χ1v) is 5.67. The summed E-state index contributed by atoms with van der Waals surface area (Å²) in [4.78, 5) is 0. The molecule has 6 heteroatoms. The molecule has 0 atom stereocenters. The lowest BCUT2D eigenvalue weighted by molar-refractivity contribution is 0.204. The summed E-state index contributed by atoms with van der Waals surface area (Å²) < 4.78 is 5.59. The maximum Gasteiger partial charge on any atom is 0.170 e. The molecule has 0 aliphatic carbocycles. The summed E-state index contributed by atoms with van der Waals surface area (Å²) in [6.45, 7) is 1.31. The van der Waals surface area contributed by atoms with Crippen molar-refractivity contribution in [3.63, 3.8) is 0 Å². The number of nitrogens with one attached hydrogen (secondary N) is 2. The van der Waals surface area contributed by atoms with E-state index >= 15 is 0 Å². The van der Waals surface area contributed by atoms with Gasteiger partial charge in [0.15, 0.2) is 5.11 Å². The molecule has 0 amide bonds. The third kappa shape index (κ3) is 3.79. The first kappa shape index (κ1) is 11.7. The van der Waals surface area contributed by atoms with Crippen LogP contribution in [-0.4, -0.2) is 25.4 Å². The van der Waals surface area contributed by atoms with Crippen LogP contribution in [0.4, 0.5) is 5.69 Å². The first-order chi connectivity index (χ1) is 6.74. The Labute approximate surface area is 97.4 Å². The van der Waals surface area contributed by atoms with Gasteiger partial charge in [-0.2, -0.15) is 0 Å². The third-order valence-electron chi connectivity index (χ3n) is 1.46. The van der Waals surface area contributed by atoms with Crippen molar-refractivity contribution in [2.24, 2.45) is 0 Å². The van der Waals surface area contributed by atoms with Crippen LogP contribution in [0.1, 0.15) is 0 Å². The van der Waals surface area contributed by atoms with E-state index in [1.807, 2.05) is 11.4 Å². The fourth-order valence-corrected chi connectivity index (χ4v) is 1.86. The van der Waals surface area contributed by atoms with Gasteiger partial charge in [-0.05, 0) is 23.7 Å². The molecule has 3 nitrogen and oxygen atoms in total. The van der Waals surface area contributed by atoms with Gasteiger partial charge in [0.1, 0.15) is 4.34 Å². The van der Waals surface area contributed by atoms with Crippen LogP contribution in [-0.2, 0) is 4.74 Å². The van der Waals surface area contributed by atoms with Crippen molar-refractivity contribution in [1.82, 2.24) is 5.32 Å². The van der Waals surface area contributed by atoms with Gasteiger partial charge in [0, 0.05) is 13.7 Å². The van der Waals surface area contributed by atoms with Crippen LogP contribution in [0.3, 0.4) is 0 Å². The molecular weight excluding hydrogens is 240 g/mol. The van der Waals surface area contributed by atoms with Gasteiger partial charge >= 0.3 is 0 Å². The molecule has 0 aliphatic heterocycles. The zero-order chi connectivity index (χ0) is 10.4. The van der Waals surface area contributed by atoms with Crippen molar-refractivity contribution < 1.29 is 4.74 Å². The molecule has 0 aromatic carbocycles. The van der Waals surface area contributed by atoms with Crippen molar-refractivity contribution in [1.29, 1.82) is 0 Å². The van der Waals surface area contributed by atoms with Crippen LogP contribution in [0.15, 0.2) is 11.4 Å². The lowest BCUT2D eigenvalue weighted by Gasteiger charge is -2.08. The molecule has 0 unspecified atom stereocenters. The van der Waals surface area contributed by atoms with Crippen molar-refractivity contribution in [3.8, 4) is 0 Å². The van der Waals surface area contributed by atoms with E-state index in [1.165, 1.54) is 11.3 Å². The molecule has 0 saturated heterocycles. The van der Waals surface area contributed by atoms with Gasteiger partial charge in [-0.15, -0.1) is 11.3 Å². The first-order valence-electron chi connectivity index (χ1n) is 4.01. The molecular formula is C8H11ClN2OS2. The molecule has 78 valence electrons. The Morgan fingerprint density at radius 1 is 1.71 bits per heavy atom. The number of ether oxygens (including phenoxy) is 1.